The van der Waals surface area contributed by atoms with E-state index in [4.69, 9.17) is 0 Å². The van der Waals surface area contributed by atoms with Crippen LogP contribution in [0.4, 0.5) is 0 Å². The summed E-state index contributed by atoms with van der Waals surface area (Å²) in [5, 5.41) is 6.02. The molecular formula is C18H19N3. The third kappa shape index (κ3) is 1.96. The first-order valence-corrected chi connectivity index (χ1v) is 7.50. The lowest BCUT2D eigenvalue weighted by molar-refractivity contribution is 0.499. The van der Waals surface area contributed by atoms with Gasteiger partial charge >= 0.3 is 0 Å². The van der Waals surface area contributed by atoms with Crippen LogP contribution < -0.4 is 5.32 Å². The molecule has 0 saturated carbocycles. The summed E-state index contributed by atoms with van der Waals surface area (Å²) in [6, 6.07) is 15.0. The minimum Gasteiger partial charge on any atom is -0.316 e. The molecule has 21 heavy (non-hydrogen) atoms. The van der Waals surface area contributed by atoms with Gasteiger partial charge in [-0.3, -0.25) is 0 Å². The molecular weight excluding hydrogens is 258 g/mol. The molecule has 3 nitrogen and oxygen atoms in total. The minimum absolute atomic E-state index is 0.160. The molecule has 3 heteroatoms. The van der Waals surface area contributed by atoms with Crippen molar-refractivity contribution in [3.05, 3.63) is 60.7 Å². The van der Waals surface area contributed by atoms with E-state index < -0.39 is 0 Å². The van der Waals surface area contributed by atoms with Gasteiger partial charge in [-0.25, -0.2) is 4.98 Å². The largest absolute Gasteiger partial charge is 0.316 e. The Hall–Kier alpha value is -2.13. The molecule has 2 heterocycles. The maximum atomic E-state index is 4.43. The second kappa shape index (κ2) is 4.71. The molecule has 1 aliphatic heterocycles. The predicted octanol–water partition coefficient (Wildman–Crippen LogP) is 3.28. The Balaban J connectivity index is 1.93. The smallest absolute Gasteiger partial charge is 0.0994 e. The van der Waals surface area contributed by atoms with Crippen molar-refractivity contribution in [2.24, 2.45) is 0 Å². The Morgan fingerprint density at radius 1 is 1.14 bits per heavy atom. The number of imidazole rings is 1. The molecule has 4 rings (SSSR count). The second-order valence-corrected chi connectivity index (χ2v) is 6.13. The number of nitrogens with zero attached hydrogens (tertiary/aromatic N) is 2. The van der Waals surface area contributed by atoms with Gasteiger partial charge in [-0.15, -0.1) is 0 Å². The first-order valence-electron chi connectivity index (χ1n) is 7.50. The summed E-state index contributed by atoms with van der Waals surface area (Å²) in [4.78, 5) is 4.43. The number of aromatic nitrogens is 2. The Labute approximate surface area is 124 Å². The quantitative estimate of drug-likeness (QED) is 0.779. The van der Waals surface area contributed by atoms with E-state index in [1.54, 1.807) is 0 Å². The van der Waals surface area contributed by atoms with Gasteiger partial charge in [0.2, 0.25) is 0 Å². The maximum Gasteiger partial charge on any atom is 0.0994 e. The van der Waals surface area contributed by atoms with E-state index in [0.29, 0.717) is 0 Å². The molecule has 1 aliphatic rings. The lowest BCUT2D eigenvalue weighted by atomic mass is 9.86. The molecule has 1 atom stereocenters. The number of hydrogen-bond donors (Lipinski definition) is 1. The fourth-order valence-electron chi connectivity index (χ4n) is 3.39. The highest BCUT2D eigenvalue weighted by Crippen LogP contribution is 2.33. The molecule has 1 saturated heterocycles. The highest BCUT2D eigenvalue weighted by Gasteiger charge is 2.33. The van der Waals surface area contributed by atoms with Crippen LogP contribution in [0.25, 0.3) is 16.5 Å². The van der Waals surface area contributed by atoms with E-state index in [2.05, 4.69) is 64.3 Å². The normalized spacial score (nSPS) is 22.0. The molecule has 1 unspecified atom stereocenters. The third-order valence-corrected chi connectivity index (χ3v) is 4.65. The molecule has 2 aromatic carbocycles. The number of rotatable bonds is 2. The van der Waals surface area contributed by atoms with Gasteiger partial charge in [-0.05, 0) is 24.4 Å². The lowest BCUT2D eigenvalue weighted by Crippen LogP contribution is -2.27. The molecule has 0 spiro atoms. The van der Waals surface area contributed by atoms with Crippen molar-refractivity contribution < 1.29 is 0 Å². The average Bonchev–Trinajstić information content (AvgIpc) is 3.16. The Bertz CT molecular complexity index is 777. The number of benzene rings is 2. The summed E-state index contributed by atoms with van der Waals surface area (Å²) in [7, 11) is 0. The number of hydrogen-bond acceptors (Lipinski definition) is 2. The van der Waals surface area contributed by atoms with Gasteiger partial charge in [0, 0.05) is 29.2 Å². The van der Waals surface area contributed by atoms with Crippen LogP contribution in [0, 0.1) is 0 Å². The van der Waals surface area contributed by atoms with Crippen molar-refractivity contribution in [2.75, 3.05) is 13.1 Å². The summed E-state index contributed by atoms with van der Waals surface area (Å²) in [6.07, 6.45) is 5.12. The second-order valence-electron chi connectivity index (χ2n) is 6.13. The van der Waals surface area contributed by atoms with Gasteiger partial charge in [0.25, 0.3) is 0 Å². The molecule has 1 N–H and O–H groups in total. The molecule has 0 bridgehead atoms. The van der Waals surface area contributed by atoms with Crippen molar-refractivity contribution in [1.82, 2.24) is 14.9 Å². The number of nitrogens with one attached hydrogen (secondary N) is 1. The summed E-state index contributed by atoms with van der Waals surface area (Å²) in [6.45, 7) is 4.42. The zero-order chi connectivity index (χ0) is 14.3. The van der Waals surface area contributed by atoms with E-state index in [0.717, 1.165) is 19.5 Å². The highest BCUT2D eigenvalue weighted by atomic mass is 15.1. The monoisotopic (exact) mass is 277 g/mol. The van der Waals surface area contributed by atoms with Gasteiger partial charge in [0.05, 0.1) is 12.0 Å². The average molecular weight is 277 g/mol. The third-order valence-electron chi connectivity index (χ3n) is 4.65. The first kappa shape index (κ1) is 12.6. The fraction of sp³-hybridized carbons (Fsp3) is 0.278. The van der Waals surface area contributed by atoms with Gasteiger partial charge in [0.15, 0.2) is 0 Å². The predicted molar refractivity (Wildman–Crippen MR) is 85.9 cm³/mol. The van der Waals surface area contributed by atoms with E-state index >= 15 is 0 Å². The molecule has 0 radical (unpaired) electrons. The number of fused-ring (bicyclic) bond motifs is 1. The van der Waals surface area contributed by atoms with Crippen LogP contribution in [0.2, 0.25) is 0 Å². The van der Waals surface area contributed by atoms with Gasteiger partial charge in [-0.2, -0.15) is 0 Å². The molecule has 1 aromatic heterocycles. The van der Waals surface area contributed by atoms with Crippen LogP contribution >= 0.6 is 0 Å². The Kier molecular flexibility index (Phi) is 2.82. The van der Waals surface area contributed by atoms with E-state index in [1.165, 1.54) is 22.2 Å². The topological polar surface area (TPSA) is 29.9 Å². The van der Waals surface area contributed by atoms with Crippen LogP contribution in [0.3, 0.4) is 0 Å². The summed E-state index contributed by atoms with van der Waals surface area (Å²) < 4.78 is 2.26. The van der Waals surface area contributed by atoms with Crippen molar-refractivity contribution in [3.63, 3.8) is 0 Å². The van der Waals surface area contributed by atoms with Crippen molar-refractivity contribution in [2.45, 2.75) is 18.8 Å². The standard InChI is InChI=1S/C18H19N3/c1-18(9-10-19-12-18)17-11-20-13-21(17)16-8-4-6-14-5-2-3-7-15(14)16/h2-8,11,13,19H,9-10,12H2,1H3. The molecule has 106 valence electrons. The summed E-state index contributed by atoms with van der Waals surface area (Å²) in [5.74, 6) is 0. The molecule has 0 amide bonds. The zero-order valence-corrected chi connectivity index (χ0v) is 12.2. The van der Waals surface area contributed by atoms with Gasteiger partial charge in [-0.1, -0.05) is 43.3 Å². The van der Waals surface area contributed by atoms with Crippen LogP contribution in [-0.4, -0.2) is 22.6 Å². The Morgan fingerprint density at radius 3 is 2.86 bits per heavy atom. The molecule has 3 aromatic rings. The van der Waals surface area contributed by atoms with Gasteiger partial charge < -0.3 is 9.88 Å². The SMILES string of the molecule is CC1(c2cncn2-c2cccc3ccccc23)CCNC1. The van der Waals surface area contributed by atoms with Crippen LogP contribution in [0.5, 0.6) is 0 Å². The first-order chi connectivity index (χ1) is 10.3. The van der Waals surface area contributed by atoms with Crippen LogP contribution in [-0.2, 0) is 5.41 Å². The van der Waals surface area contributed by atoms with E-state index in [9.17, 15) is 0 Å². The molecule has 0 aliphatic carbocycles. The zero-order valence-electron chi connectivity index (χ0n) is 12.2. The van der Waals surface area contributed by atoms with E-state index in [1.807, 2.05) is 12.5 Å². The van der Waals surface area contributed by atoms with Gasteiger partial charge in [0.1, 0.15) is 0 Å². The lowest BCUT2D eigenvalue weighted by Gasteiger charge is -2.24. The fourth-order valence-corrected chi connectivity index (χ4v) is 3.39. The Morgan fingerprint density at radius 2 is 2.00 bits per heavy atom. The highest BCUT2D eigenvalue weighted by molar-refractivity contribution is 5.90. The van der Waals surface area contributed by atoms with Crippen LogP contribution in [0.1, 0.15) is 19.0 Å². The maximum absolute atomic E-state index is 4.43. The summed E-state index contributed by atoms with van der Waals surface area (Å²) >= 11 is 0. The molecule has 1 fully saturated rings. The van der Waals surface area contributed by atoms with Crippen molar-refractivity contribution in [1.29, 1.82) is 0 Å². The summed E-state index contributed by atoms with van der Waals surface area (Å²) in [5.41, 5.74) is 2.67. The van der Waals surface area contributed by atoms with Crippen LogP contribution in [0.15, 0.2) is 55.0 Å². The van der Waals surface area contributed by atoms with Crippen molar-refractivity contribution >= 4 is 10.8 Å². The van der Waals surface area contributed by atoms with Crippen molar-refractivity contribution in [3.8, 4) is 5.69 Å². The van der Waals surface area contributed by atoms with E-state index in [-0.39, 0.29) is 5.41 Å². The minimum atomic E-state index is 0.160.